The van der Waals surface area contributed by atoms with Gasteiger partial charge in [-0.05, 0) is 39.8 Å². The summed E-state index contributed by atoms with van der Waals surface area (Å²) < 4.78 is 86.1. The number of benzene rings is 1. The number of halogens is 5. The molecule has 26 heavy (non-hydrogen) atoms. The number of carbonyl (C=O) groups is 1. The quantitative estimate of drug-likeness (QED) is 0.209. The van der Waals surface area contributed by atoms with Crippen molar-refractivity contribution in [1.29, 1.82) is 0 Å². The highest BCUT2D eigenvalue weighted by atomic mass is 28.2. The summed E-state index contributed by atoms with van der Waals surface area (Å²) in [6.45, 7) is 5.13. The van der Waals surface area contributed by atoms with Crippen LogP contribution in [0.25, 0.3) is 0 Å². The smallest absolute Gasteiger partial charge is 0.391 e. The van der Waals surface area contributed by atoms with E-state index in [1.54, 1.807) is 27.7 Å². The van der Waals surface area contributed by atoms with E-state index in [2.05, 4.69) is 4.74 Å². The van der Waals surface area contributed by atoms with Crippen LogP contribution in [0.3, 0.4) is 0 Å². The molecule has 0 bridgehead atoms. The van der Waals surface area contributed by atoms with Crippen LogP contribution >= 0.6 is 0 Å². The second kappa shape index (κ2) is 9.40. The fourth-order valence-electron chi connectivity index (χ4n) is 1.62. The molecule has 148 valence electrons. The lowest BCUT2D eigenvalue weighted by molar-refractivity contribution is -0.282. The van der Waals surface area contributed by atoms with Gasteiger partial charge in [0.2, 0.25) is 0 Å². The van der Waals surface area contributed by atoms with Gasteiger partial charge in [0.15, 0.2) is 17.5 Å². The zero-order chi connectivity index (χ0) is 20.1. The summed E-state index contributed by atoms with van der Waals surface area (Å²) >= 11 is 0. The van der Waals surface area contributed by atoms with E-state index in [1.165, 1.54) is 0 Å². The maximum atomic E-state index is 13.8. The number of hydrogen-bond acceptors (Lipinski definition) is 5. The molecule has 0 spiro atoms. The first-order chi connectivity index (χ1) is 11.9. The molecule has 0 aromatic heterocycles. The molecule has 11 heteroatoms. The van der Waals surface area contributed by atoms with E-state index in [0.717, 1.165) is 0 Å². The third-order valence-electron chi connectivity index (χ3n) is 2.65. The molecular weight excluding hydrogens is 383 g/mol. The topological polar surface area (TPSA) is 54.0 Å². The first-order valence-electron chi connectivity index (χ1n) is 7.60. The van der Waals surface area contributed by atoms with Crippen LogP contribution in [0.5, 0.6) is 0 Å². The molecule has 5 nitrogen and oxygen atoms in total. The van der Waals surface area contributed by atoms with Gasteiger partial charge >= 0.3 is 21.5 Å². The lowest BCUT2D eigenvalue weighted by Crippen LogP contribution is -2.38. The van der Waals surface area contributed by atoms with Gasteiger partial charge in [0.1, 0.15) is 0 Å². The molecule has 0 aliphatic carbocycles. The van der Waals surface area contributed by atoms with E-state index in [4.69, 9.17) is 13.9 Å². The van der Waals surface area contributed by atoms with Crippen molar-refractivity contribution in [2.24, 2.45) is 0 Å². The Morgan fingerprint density at radius 1 is 1.00 bits per heavy atom. The number of ether oxygens (including phenoxy) is 3. The summed E-state index contributed by atoms with van der Waals surface area (Å²) in [6, 6.07) is 0.922. The largest absolute Gasteiger partial charge is 0.400 e. The van der Waals surface area contributed by atoms with Crippen molar-refractivity contribution >= 4 is 15.7 Å². The highest BCUT2D eigenvalue weighted by molar-refractivity contribution is 6.30. The van der Waals surface area contributed by atoms with E-state index in [1.807, 2.05) is 0 Å². The van der Waals surface area contributed by atoms with Crippen LogP contribution in [0.1, 0.15) is 38.1 Å². The Morgan fingerprint density at radius 2 is 1.54 bits per heavy atom. The van der Waals surface area contributed by atoms with Gasteiger partial charge in [-0.15, -0.1) is 0 Å². The van der Waals surface area contributed by atoms with Gasteiger partial charge in [0.05, 0.1) is 17.8 Å². The zero-order valence-corrected chi connectivity index (χ0v) is 15.9. The van der Waals surface area contributed by atoms with Crippen molar-refractivity contribution in [1.82, 2.24) is 0 Å². The van der Waals surface area contributed by atoms with Crippen LogP contribution in [-0.4, -0.2) is 40.1 Å². The summed E-state index contributed by atoms with van der Waals surface area (Å²) in [4.78, 5) is 11.6. The van der Waals surface area contributed by atoms with Gasteiger partial charge in [0, 0.05) is 0 Å². The van der Waals surface area contributed by atoms with Crippen molar-refractivity contribution in [3.8, 4) is 0 Å². The molecule has 0 saturated carbocycles. The molecule has 0 aliphatic rings. The van der Waals surface area contributed by atoms with E-state index in [-0.39, 0.29) is 12.2 Å². The summed E-state index contributed by atoms with van der Waals surface area (Å²) in [7, 11) is -2.89. The van der Waals surface area contributed by atoms with Crippen molar-refractivity contribution in [3.63, 3.8) is 0 Å². The van der Waals surface area contributed by atoms with Gasteiger partial charge < -0.3 is 18.6 Å². The van der Waals surface area contributed by atoms with Crippen LogP contribution in [0.15, 0.2) is 12.1 Å². The van der Waals surface area contributed by atoms with E-state index >= 15 is 0 Å². The van der Waals surface area contributed by atoms with Crippen LogP contribution in [-0.2, 0) is 18.6 Å². The normalized spacial score (nSPS) is 12.8. The molecule has 0 atom stereocenters. The molecule has 0 saturated heterocycles. The number of hydrogen-bond donors (Lipinski definition) is 0. The Bertz CT molecular complexity index is 617. The Labute approximate surface area is 149 Å². The Hall–Kier alpha value is -1.56. The van der Waals surface area contributed by atoms with Crippen LogP contribution < -0.4 is 0 Å². The minimum Gasteiger partial charge on any atom is -0.400 e. The third kappa shape index (κ3) is 6.98. The predicted octanol–water partition coefficient (Wildman–Crippen LogP) is 3.05. The summed E-state index contributed by atoms with van der Waals surface area (Å²) in [6.07, 6.45) is -0.777. The lowest BCUT2D eigenvalue weighted by Gasteiger charge is -2.25. The number of carbonyl (C=O) groups excluding carboxylic acids is 1. The number of alkyl halides is 2. The maximum absolute atomic E-state index is 13.8. The van der Waals surface area contributed by atoms with Gasteiger partial charge in [0.25, 0.3) is 6.48 Å². The Balaban J connectivity index is 2.75. The molecule has 0 unspecified atom stereocenters. The van der Waals surface area contributed by atoms with E-state index in [9.17, 15) is 26.7 Å². The SMILES string of the molecule is CC(C)OC(O[SiH2]C(F)(F)OC(=O)c1ccc(F)c(F)c1F)OC(C)C. The van der Waals surface area contributed by atoms with Gasteiger partial charge in [-0.25, -0.2) is 18.0 Å². The molecule has 0 radical (unpaired) electrons. The second-order valence-corrected chi connectivity index (χ2v) is 7.16. The summed E-state index contributed by atoms with van der Waals surface area (Å²) in [5.41, 5.74) is -5.22. The van der Waals surface area contributed by atoms with Crippen molar-refractivity contribution in [2.45, 2.75) is 52.1 Å². The number of rotatable bonds is 9. The predicted molar refractivity (Wildman–Crippen MR) is 82.5 cm³/mol. The highest BCUT2D eigenvalue weighted by Crippen LogP contribution is 2.21. The molecule has 1 aromatic rings. The fourth-order valence-corrected chi connectivity index (χ4v) is 2.30. The van der Waals surface area contributed by atoms with Crippen LogP contribution in [0, 0.1) is 17.5 Å². The molecule has 0 N–H and O–H groups in total. The van der Waals surface area contributed by atoms with Crippen LogP contribution in [0.4, 0.5) is 22.0 Å². The Kier molecular flexibility index (Phi) is 8.12. The average molecular weight is 402 g/mol. The minimum absolute atomic E-state index is 0.389. The van der Waals surface area contributed by atoms with Gasteiger partial charge in [-0.2, -0.15) is 8.78 Å². The average Bonchev–Trinajstić information content (AvgIpc) is 2.49. The van der Waals surface area contributed by atoms with Crippen LogP contribution in [0.2, 0.25) is 0 Å². The first-order valence-corrected chi connectivity index (χ1v) is 8.88. The molecular formula is C15H19F5O5Si. The van der Waals surface area contributed by atoms with Crippen molar-refractivity contribution < 1.29 is 45.4 Å². The molecule has 0 heterocycles. The van der Waals surface area contributed by atoms with E-state index in [0.29, 0.717) is 12.1 Å². The molecule has 0 aliphatic heterocycles. The van der Waals surface area contributed by atoms with Crippen molar-refractivity contribution in [3.05, 3.63) is 35.1 Å². The third-order valence-corrected chi connectivity index (χ3v) is 3.57. The zero-order valence-electron chi connectivity index (χ0n) is 14.5. The maximum Gasteiger partial charge on any atom is 0.391 e. The second-order valence-electron chi connectivity index (χ2n) is 5.72. The molecule has 1 rings (SSSR count). The molecule has 0 amide bonds. The molecule has 1 aromatic carbocycles. The van der Waals surface area contributed by atoms with E-state index < -0.39 is 51.0 Å². The first kappa shape index (κ1) is 22.5. The monoisotopic (exact) mass is 402 g/mol. The van der Waals surface area contributed by atoms with Crippen molar-refractivity contribution in [2.75, 3.05) is 0 Å². The lowest BCUT2D eigenvalue weighted by atomic mass is 10.2. The highest BCUT2D eigenvalue weighted by Gasteiger charge is 2.38. The molecule has 0 fully saturated rings. The number of esters is 1. The fraction of sp³-hybridized carbons (Fsp3) is 0.533. The Morgan fingerprint density at radius 3 is 2.04 bits per heavy atom. The van der Waals surface area contributed by atoms with Gasteiger partial charge in [-0.1, -0.05) is 0 Å². The van der Waals surface area contributed by atoms with Gasteiger partial charge in [-0.3, -0.25) is 0 Å². The minimum atomic E-state index is -4.06. The summed E-state index contributed by atoms with van der Waals surface area (Å²) in [5, 5.41) is 0. The standard InChI is InChI=1S/C15H19F5O5Si/c1-7(2)22-14(23-8(3)4)25-26-15(19,20)24-13(21)9-5-6-10(16)12(18)11(9)17/h5-8,14H,26H2,1-4H3. The summed E-state index contributed by atoms with van der Waals surface area (Å²) in [5.74, 6) is -7.30.